The quantitative estimate of drug-likeness (QED) is 0.866. The van der Waals surface area contributed by atoms with Crippen LogP contribution in [0.3, 0.4) is 0 Å². The number of aryl methyl sites for hydroxylation is 1. The van der Waals surface area contributed by atoms with Crippen molar-refractivity contribution in [2.45, 2.75) is 31.2 Å². The number of carboxylic acids is 1. The molecule has 0 aromatic carbocycles. The number of thiophene rings is 1. The zero-order valence-electron chi connectivity index (χ0n) is 11.7. The third-order valence-electron chi connectivity index (χ3n) is 3.88. The van der Waals surface area contributed by atoms with Crippen LogP contribution in [-0.4, -0.2) is 39.1 Å². The minimum absolute atomic E-state index is 0.0349. The first kappa shape index (κ1) is 14.7. The van der Waals surface area contributed by atoms with E-state index in [0.717, 1.165) is 23.3 Å². The van der Waals surface area contributed by atoms with E-state index in [1.807, 2.05) is 18.4 Å². The van der Waals surface area contributed by atoms with Gasteiger partial charge in [0.1, 0.15) is 6.04 Å². The summed E-state index contributed by atoms with van der Waals surface area (Å²) in [5, 5.41) is 11.3. The van der Waals surface area contributed by atoms with E-state index in [1.54, 1.807) is 34.1 Å². The Balaban J connectivity index is 1.78. The maximum Gasteiger partial charge on any atom is 0.327 e. The molecule has 2 fully saturated rings. The SMILES string of the molecule is Cc1ccsc1C=CC(=O)N1C(C(=O)O)CSC1C1CC1. The molecule has 2 aliphatic rings. The highest BCUT2D eigenvalue weighted by Crippen LogP contribution is 2.45. The number of nitrogens with zero attached hydrogens (tertiary/aromatic N) is 1. The van der Waals surface area contributed by atoms with Gasteiger partial charge in [-0.05, 0) is 48.8 Å². The topological polar surface area (TPSA) is 57.6 Å². The van der Waals surface area contributed by atoms with Crippen molar-refractivity contribution in [2.24, 2.45) is 5.92 Å². The van der Waals surface area contributed by atoms with E-state index >= 15 is 0 Å². The van der Waals surface area contributed by atoms with Gasteiger partial charge in [0.25, 0.3) is 0 Å². The summed E-state index contributed by atoms with van der Waals surface area (Å²) in [6.07, 6.45) is 5.52. The Kier molecular flexibility index (Phi) is 4.08. The van der Waals surface area contributed by atoms with E-state index in [9.17, 15) is 14.7 Å². The summed E-state index contributed by atoms with van der Waals surface area (Å²) in [6, 6.07) is 1.32. The van der Waals surface area contributed by atoms with Crippen molar-refractivity contribution < 1.29 is 14.7 Å². The van der Waals surface area contributed by atoms with Gasteiger partial charge in [0.2, 0.25) is 5.91 Å². The number of hydrogen-bond donors (Lipinski definition) is 1. The fourth-order valence-electron chi connectivity index (χ4n) is 2.53. The summed E-state index contributed by atoms with van der Waals surface area (Å²) >= 11 is 3.19. The first-order valence-electron chi connectivity index (χ1n) is 6.97. The van der Waals surface area contributed by atoms with Crippen LogP contribution in [0, 0.1) is 12.8 Å². The molecule has 2 heterocycles. The standard InChI is InChI=1S/C15H17NO3S2/c1-9-6-7-20-12(9)4-5-13(17)16-11(15(18)19)8-21-14(16)10-2-3-10/h4-7,10-11,14H,2-3,8H2,1H3,(H,18,19). The number of carbonyl (C=O) groups is 2. The molecule has 6 heteroatoms. The number of carbonyl (C=O) groups excluding carboxylic acids is 1. The maximum atomic E-state index is 12.5. The van der Waals surface area contributed by atoms with Gasteiger partial charge < -0.3 is 10.0 Å². The van der Waals surface area contributed by atoms with Gasteiger partial charge in [-0.1, -0.05) is 0 Å². The van der Waals surface area contributed by atoms with Crippen LogP contribution in [0.25, 0.3) is 6.08 Å². The van der Waals surface area contributed by atoms with Gasteiger partial charge in [-0.25, -0.2) is 4.79 Å². The molecule has 2 atom stereocenters. The van der Waals surface area contributed by atoms with Gasteiger partial charge in [0.15, 0.2) is 0 Å². The monoisotopic (exact) mass is 323 g/mol. The van der Waals surface area contributed by atoms with Gasteiger partial charge in [-0.3, -0.25) is 4.79 Å². The summed E-state index contributed by atoms with van der Waals surface area (Å²) in [7, 11) is 0. The molecule has 1 amide bonds. The van der Waals surface area contributed by atoms with Crippen molar-refractivity contribution >= 4 is 41.1 Å². The average Bonchev–Trinajstić information content (AvgIpc) is 3.06. The van der Waals surface area contributed by atoms with Crippen LogP contribution in [0.2, 0.25) is 0 Å². The van der Waals surface area contributed by atoms with Crippen molar-refractivity contribution in [1.29, 1.82) is 0 Å². The van der Waals surface area contributed by atoms with Gasteiger partial charge in [-0.15, -0.1) is 23.1 Å². The van der Waals surface area contributed by atoms with E-state index in [2.05, 4.69) is 0 Å². The van der Waals surface area contributed by atoms with E-state index in [0.29, 0.717) is 11.7 Å². The molecule has 112 valence electrons. The average molecular weight is 323 g/mol. The number of hydrogen-bond acceptors (Lipinski definition) is 4. The predicted molar refractivity (Wildman–Crippen MR) is 85.3 cm³/mol. The molecule has 1 aromatic rings. The zero-order chi connectivity index (χ0) is 15.0. The largest absolute Gasteiger partial charge is 0.480 e. The van der Waals surface area contributed by atoms with Crippen LogP contribution in [0.15, 0.2) is 17.5 Å². The lowest BCUT2D eigenvalue weighted by atomic mass is 10.2. The second-order valence-corrected chi connectivity index (χ2v) is 7.56. The van der Waals surface area contributed by atoms with Crippen LogP contribution < -0.4 is 0 Å². The van der Waals surface area contributed by atoms with Crippen LogP contribution in [0.5, 0.6) is 0 Å². The van der Waals surface area contributed by atoms with Crippen LogP contribution >= 0.6 is 23.1 Å². The van der Waals surface area contributed by atoms with Gasteiger partial charge in [0.05, 0.1) is 5.37 Å². The third-order valence-corrected chi connectivity index (χ3v) is 6.32. The van der Waals surface area contributed by atoms with Crippen molar-refractivity contribution in [2.75, 3.05) is 5.75 Å². The molecular formula is C15H17NO3S2. The molecule has 2 unspecified atom stereocenters. The molecule has 0 radical (unpaired) electrons. The van der Waals surface area contributed by atoms with Crippen molar-refractivity contribution in [3.8, 4) is 0 Å². The van der Waals surface area contributed by atoms with Gasteiger partial charge in [0, 0.05) is 16.7 Å². The molecule has 4 nitrogen and oxygen atoms in total. The lowest BCUT2D eigenvalue weighted by Crippen LogP contribution is -2.45. The fourth-order valence-corrected chi connectivity index (χ4v) is 4.99. The van der Waals surface area contributed by atoms with E-state index < -0.39 is 12.0 Å². The lowest BCUT2D eigenvalue weighted by Gasteiger charge is -2.26. The molecule has 1 N–H and O–H groups in total. The van der Waals surface area contributed by atoms with Crippen molar-refractivity contribution in [3.05, 3.63) is 28.0 Å². The molecule has 1 aliphatic heterocycles. The predicted octanol–water partition coefficient (Wildman–Crippen LogP) is 2.83. The Morgan fingerprint density at radius 2 is 2.19 bits per heavy atom. The minimum atomic E-state index is -0.903. The second kappa shape index (κ2) is 5.85. The van der Waals surface area contributed by atoms with E-state index in [4.69, 9.17) is 0 Å². The Bertz CT molecular complexity index is 591. The number of rotatable bonds is 4. The van der Waals surface area contributed by atoms with Gasteiger partial charge >= 0.3 is 5.97 Å². The fraction of sp³-hybridized carbons (Fsp3) is 0.467. The highest BCUT2D eigenvalue weighted by molar-refractivity contribution is 8.00. The van der Waals surface area contributed by atoms with Gasteiger partial charge in [-0.2, -0.15) is 0 Å². The normalized spacial score (nSPS) is 25.7. The smallest absolute Gasteiger partial charge is 0.327 e. The van der Waals surface area contributed by atoms with Crippen LogP contribution in [-0.2, 0) is 9.59 Å². The number of thioether (sulfide) groups is 1. The molecule has 0 bridgehead atoms. The summed E-state index contributed by atoms with van der Waals surface area (Å²) in [5.41, 5.74) is 1.13. The van der Waals surface area contributed by atoms with E-state index in [1.165, 1.54) is 6.08 Å². The lowest BCUT2D eigenvalue weighted by molar-refractivity contribution is -0.147. The molecule has 21 heavy (non-hydrogen) atoms. The van der Waals surface area contributed by atoms with E-state index in [-0.39, 0.29) is 11.3 Å². The molecule has 1 aromatic heterocycles. The molecule has 3 rings (SSSR count). The molecule has 1 saturated carbocycles. The minimum Gasteiger partial charge on any atom is -0.480 e. The zero-order valence-corrected chi connectivity index (χ0v) is 13.3. The number of aliphatic carboxylic acids is 1. The van der Waals surface area contributed by atoms with Crippen LogP contribution in [0.1, 0.15) is 23.3 Å². The molecular weight excluding hydrogens is 306 g/mol. The Morgan fingerprint density at radius 1 is 1.43 bits per heavy atom. The first-order valence-corrected chi connectivity index (χ1v) is 8.89. The Morgan fingerprint density at radius 3 is 2.76 bits per heavy atom. The Hall–Kier alpha value is -1.27. The molecule has 1 saturated heterocycles. The first-order chi connectivity index (χ1) is 10.1. The van der Waals surface area contributed by atoms with Crippen molar-refractivity contribution in [1.82, 2.24) is 4.90 Å². The highest BCUT2D eigenvalue weighted by atomic mass is 32.2. The number of carboxylic acid groups (broad SMARTS) is 1. The summed E-state index contributed by atoms with van der Waals surface area (Å²) in [5.74, 6) is -0.120. The maximum absolute atomic E-state index is 12.5. The molecule has 0 spiro atoms. The van der Waals surface area contributed by atoms with Crippen molar-refractivity contribution in [3.63, 3.8) is 0 Å². The molecule has 1 aliphatic carbocycles. The second-order valence-electron chi connectivity index (χ2n) is 5.46. The summed E-state index contributed by atoms with van der Waals surface area (Å²) in [6.45, 7) is 2.00. The van der Waals surface area contributed by atoms with Crippen LogP contribution in [0.4, 0.5) is 0 Å². The summed E-state index contributed by atoms with van der Waals surface area (Å²) in [4.78, 5) is 26.5. The highest BCUT2D eigenvalue weighted by Gasteiger charge is 2.47. The Labute approximate surface area is 131 Å². The summed E-state index contributed by atoms with van der Waals surface area (Å²) < 4.78 is 0. The number of amides is 1. The third kappa shape index (κ3) is 3.01.